The summed E-state index contributed by atoms with van der Waals surface area (Å²) in [6.07, 6.45) is 4.47. The second-order valence-corrected chi connectivity index (χ2v) is 4.22. The van der Waals surface area contributed by atoms with Crippen LogP contribution in [-0.2, 0) is 0 Å². The van der Waals surface area contributed by atoms with E-state index in [1.807, 2.05) is 12.1 Å². The molecule has 0 bridgehead atoms. The van der Waals surface area contributed by atoms with E-state index >= 15 is 0 Å². The van der Waals surface area contributed by atoms with E-state index in [9.17, 15) is 4.39 Å². The quantitative estimate of drug-likeness (QED) is 0.879. The molecule has 86 valence electrons. The Bertz CT molecular complexity index is 498. The zero-order chi connectivity index (χ0) is 11.7. The number of halogens is 1. The lowest BCUT2D eigenvalue weighted by molar-refractivity contribution is 0.627. The van der Waals surface area contributed by atoms with Crippen molar-refractivity contribution in [3.8, 4) is 0 Å². The molecule has 0 spiro atoms. The van der Waals surface area contributed by atoms with Gasteiger partial charge in [0.1, 0.15) is 5.82 Å². The molecule has 1 aromatic heterocycles. The lowest BCUT2D eigenvalue weighted by atomic mass is 10.1. The molecule has 1 heterocycles. The first kappa shape index (κ1) is 10.2. The third kappa shape index (κ3) is 2.25. The molecule has 1 aromatic carbocycles. The average molecular weight is 229 g/mol. The van der Waals surface area contributed by atoms with E-state index in [4.69, 9.17) is 0 Å². The summed E-state index contributed by atoms with van der Waals surface area (Å²) >= 11 is 0. The highest BCUT2D eigenvalue weighted by molar-refractivity contribution is 5.36. The molecular formula is C13H12FN3. The van der Waals surface area contributed by atoms with Crippen LogP contribution in [0, 0.1) is 5.82 Å². The number of hydrogen-bond acceptors (Lipinski definition) is 3. The Morgan fingerprint density at radius 3 is 2.53 bits per heavy atom. The highest BCUT2D eigenvalue weighted by Crippen LogP contribution is 2.42. The molecule has 1 aliphatic carbocycles. The third-order valence-corrected chi connectivity index (χ3v) is 2.97. The van der Waals surface area contributed by atoms with Gasteiger partial charge in [0, 0.05) is 24.4 Å². The zero-order valence-electron chi connectivity index (χ0n) is 9.18. The Morgan fingerprint density at radius 2 is 1.82 bits per heavy atom. The molecular weight excluding hydrogens is 217 g/mol. The van der Waals surface area contributed by atoms with E-state index in [-0.39, 0.29) is 5.82 Å². The minimum Gasteiger partial charge on any atom is -0.351 e. The number of nitrogens with one attached hydrogen (secondary N) is 1. The van der Waals surface area contributed by atoms with Crippen molar-refractivity contribution in [3.05, 3.63) is 54.1 Å². The van der Waals surface area contributed by atoms with Gasteiger partial charge in [0.05, 0.1) is 0 Å². The van der Waals surface area contributed by atoms with Crippen molar-refractivity contribution in [1.29, 1.82) is 0 Å². The van der Waals surface area contributed by atoms with Gasteiger partial charge in [-0.2, -0.15) is 0 Å². The molecule has 0 aliphatic heterocycles. The summed E-state index contributed by atoms with van der Waals surface area (Å²) in [6.45, 7) is 0. The second kappa shape index (κ2) is 4.13. The first-order valence-corrected chi connectivity index (χ1v) is 5.62. The van der Waals surface area contributed by atoms with Crippen molar-refractivity contribution < 1.29 is 4.39 Å². The lowest BCUT2D eigenvalue weighted by Gasteiger charge is -2.03. The van der Waals surface area contributed by atoms with Crippen LogP contribution in [0.1, 0.15) is 17.9 Å². The molecule has 2 atom stereocenters. The SMILES string of the molecule is Fc1ccc([C@@H]2C[C@H]2Nc2ncccn2)cc1. The van der Waals surface area contributed by atoms with Gasteiger partial charge in [-0.1, -0.05) is 12.1 Å². The van der Waals surface area contributed by atoms with Gasteiger partial charge in [-0.25, -0.2) is 14.4 Å². The Labute approximate surface area is 98.7 Å². The zero-order valence-corrected chi connectivity index (χ0v) is 9.18. The molecule has 1 aliphatic rings. The first-order chi connectivity index (χ1) is 8.33. The first-order valence-electron chi connectivity index (χ1n) is 5.62. The Morgan fingerprint density at radius 1 is 1.12 bits per heavy atom. The largest absolute Gasteiger partial charge is 0.351 e. The molecule has 1 fully saturated rings. The topological polar surface area (TPSA) is 37.8 Å². The normalized spacial score (nSPS) is 22.2. The van der Waals surface area contributed by atoms with Gasteiger partial charge in [0.25, 0.3) is 0 Å². The lowest BCUT2D eigenvalue weighted by Crippen LogP contribution is -2.07. The van der Waals surface area contributed by atoms with E-state index < -0.39 is 0 Å². The van der Waals surface area contributed by atoms with Crippen LogP contribution in [-0.4, -0.2) is 16.0 Å². The van der Waals surface area contributed by atoms with Crippen LogP contribution in [0.2, 0.25) is 0 Å². The van der Waals surface area contributed by atoms with Crippen LogP contribution < -0.4 is 5.32 Å². The van der Waals surface area contributed by atoms with Gasteiger partial charge in [-0.05, 0) is 30.2 Å². The molecule has 2 aromatic rings. The summed E-state index contributed by atoms with van der Waals surface area (Å²) < 4.78 is 12.8. The third-order valence-electron chi connectivity index (χ3n) is 2.97. The summed E-state index contributed by atoms with van der Waals surface area (Å²) in [5, 5.41) is 3.26. The Balaban J connectivity index is 1.65. The highest BCUT2D eigenvalue weighted by atomic mass is 19.1. The highest BCUT2D eigenvalue weighted by Gasteiger charge is 2.38. The summed E-state index contributed by atoms with van der Waals surface area (Å²) in [5.74, 6) is 0.909. The van der Waals surface area contributed by atoms with E-state index in [0.29, 0.717) is 17.9 Å². The molecule has 1 N–H and O–H groups in total. The fourth-order valence-corrected chi connectivity index (χ4v) is 1.97. The summed E-state index contributed by atoms with van der Waals surface area (Å²) in [4.78, 5) is 8.24. The van der Waals surface area contributed by atoms with Crippen molar-refractivity contribution in [1.82, 2.24) is 9.97 Å². The van der Waals surface area contributed by atoms with Gasteiger partial charge in [-0.15, -0.1) is 0 Å². The monoisotopic (exact) mass is 229 g/mol. The van der Waals surface area contributed by atoms with Crippen LogP contribution in [0.3, 0.4) is 0 Å². The van der Waals surface area contributed by atoms with Crippen molar-refractivity contribution in [3.63, 3.8) is 0 Å². The molecule has 17 heavy (non-hydrogen) atoms. The van der Waals surface area contributed by atoms with Crippen LogP contribution in [0.15, 0.2) is 42.7 Å². The van der Waals surface area contributed by atoms with Gasteiger partial charge in [-0.3, -0.25) is 0 Å². The van der Waals surface area contributed by atoms with Crippen LogP contribution in [0.4, 0.5) is 10.3 Å². The number of nitrogens with zero attached hydrogens (tertiary/aromatic N) is 2. The van der Waals surface area contributed by atoms with Crippen molar-refractivity contribution in [2.24, 2.45) is 0 Å². The molecule has 0 unspecified atom stereocenters. The predicted octanol–water partition coefficient (Wildman–Crippen LogP) is 2.58. The van der Waals surface area contributed by atoms with E-state index in [1.54, 1.807) is 18.5 Å². The minimum absolute atomic E-state index is 0.190. The van der Waals surface area contributed by atoms with Crippen LogP contribution in [0.25, 0.3) is 0 Å². The number of rotatable bonds is 3. The van der Waals surface area contributed by atoms with Crippen molar-refractivity contribution >= 4 is 5.95 Å². The summed E-state index contributed by atoms with van der Waals surface area (Å²) in [6, 6.07) is 8.84. The maximum atomic E-state index is 12.8. The van der Waals surface area contributed by atoms with Gasteiger partial charge < -0.3 is 5.32 Å². The molecule has 3 rings (SSSR count). The van der Waals surface area contributed by atoms with Crippen molar-refractivity contribution in [2.45, 2.75) is 18.4 Å². The molecule has 0 radical (unpaired) electrons. The number of aromatic nitrogens is 2. The molecule has 1 saturated carbocycles. The van der Waals surface area contributed by atoms with Gasteiger partial charge in [0.2, 0.25) is 5.95 Å². The molecule has 0 amide bonds. The Hall–Kier alpha value is -1.97. The van der Waals surface area contributed by atoms with Gasteiger partial charge >= 0.3 is 0 Å². The molecule has 3 nitrogen and oxygen atoms in total. The predicted molar refractivity (Wildman–Crippen MR) is 63.2 cm³/mol. The maximum Gasteiger partial charge on any atom is 0.222 e. The maximum absolute atomic E-state index is 12.8. The van der Waals surface area contributed by atoms with E-state index in [1.165, 1.54) is 17.7 Å². The summed E-state index contributed by atoms with van der Waals surface area (Å²) in [5.41, 5.74) is 1.17. The van der Waals surface area contributed by atoms with E-state index in [2.05, 4.69) is 15.3 Å². The standard InChI is InChI=1S/C13H12FN3/c14-10-4-2-9(3-5-10)11-8-12(11)17-13-15-6-1-7-16-13/h1-7,11-12H,8H2,(H,15,16,17)/t11-,12+/m0/s1. The molecule has 4 heteroatoms. The second-order valence-electron chi connectivity index (χ2n) is 4.22. The fraction of sp³-hybridized carbons (Fsp3) is 0.231. The minimum atomic E-state index is -0.190. The number of hydrogen-bond donors (Lipinski definition) is 1. The summed E-state index contributed by atoms with van der Waals surface area (Å²) in [7, 11) is 0. The average Bonchev–Trinajstić information content (AvgIpc) is 3.11. The van der Waals surface area contributed by atoms with Crippen LogP contribution in [0.5, 0.6) is 0 Å². The van der Waals surface area contributed by atoms with Crippen LogP contribution >= 0.6 is 0 Å². The van der Waals surface area contributed by atoms with Crippen molar-refractivity contribution in [2.75, 3.05) is 5.32 Å². The van der Waals surface area contributed by atoms with E-state index in [0.717, 1.165) is 6.42 Å². The fourth-order valence-electron chi connectivity index (χ4n) is 1.97. The number of anilines is 1. The van der Waals surface area contributed by atoms with Gasteiger partial charge in [0.15, 0.2) is 0 Å². The molecule has 0 saturated heterocycles. The Kier molecular flexibility index (Phi) is 2.48. The smallest absolute Gasteiger partial charge is 0.222 e. The number of benzene rings is 1.